The summed E-state index contributed by atoms with van der Waals surface area (Å²) in [5.41, 5.74) is 7.37. The monoisotopic (exact) mass is 1060 g/mol. The Morgan fingerprint density at radius 2 is 1.73 bits per heavy atom. The predicted molar refractivity (Wildman–Crippen MR) is 276 cm³/mol. The Labute approximate surface area is 437 Å². The smallest absolute Gasteiger partial charge is 0.336 e. The summed E-state index contributed by atoms with van der Waals surface area (Å²) >= 11 is 6.42. The number of hydrogen-bond acceptors (Lipinski definition) is 15. The second-order valence-corrected chi connectivity index (χ2v) is 23.6. The fraction of sp³-hybridized carbons (Fsp3) is 0.655. The molecule has 73 heavy (non-hydrogen) atoms. The zero-order valence-corrected chi connectivity index (χ0v) is 45.9. The molecule has 1 unspecified atom stereocenters. The standard InChI is InChI=1S/C25H38O5.C20H25ClN2O5.C10H16O4S/c1-6-25(4,5)24(28)30-21-12-15(2)11-17-8-7-16(3)20(23(17)21)10-9-19-13-18(26)14-22(27)29-19;1-4-28-20(25)18-15(11-27-10-9-22)23-12(2)16(19(24)26-3)17(18)13-7-5-6-8-14(13)21;1-9(2)7-3-4-10(9,8(11)5-7)6-15(12,13)14/h7-8,11,15-16,18-21,23,26H,6,9-10,12-14H2,1-5H3;5-8,17,23H,4,9-11,22H2,1-3H3;7H,3-6H2,1-2H3,(H,12,13,14)/t15-,16-,18+,19+,20-,21-,23-;;7-,10-/m0.1/s1. The molecule has 2 saturated carbocycles. The van der Waals surface area contributed by atoms with Crippen molar-refractivity contribution in [1.82, 2.24) is 5.32 Å². The van der Waals surface area contributed by atoms with Crippen molar-refractivity contribution in [2.75, 3.05) is 39.2 Å². The van der Waals surface area contributed by atoms with Gasteiger partial charge in [-0.2, -0.15) is 8.42 Å². The van der Waals surface area contributed by atoms with E-state index in [1.54, 1.807) is 38.1 Å². The highest BCUT2D eigenvalue weighted by Crippen LogP contribution is 2.64. The number of fused-ring (bicyclic) bond motifs is 3. The summed E-state index contributed by atoms with van der Waals surface area (Å²) in [4.78, 5) is 61.9. The number of carbonyl (C=O) groups is 5. The molecule has 2 bridgehead atoms. The van der Waals surface area contributed by atoms with Crippen molar-refractivity contribution >= 4 is 51.4 Å². The number of dihydropyridines is 1. The van der Waals surface area contributed by atoms with Crippen LogP contribution in [0.15, 0.2) is 70.6 Å². The molecule has 6 aliphatic rings. The molecule has 1 aromatic rings. The number of Topliss-reactive ketones (excluding diaryl/α,β-unsaturated/α-hetero) is 1. The van der Waals surface area contributed by atoms with Gasteiger partial charge in [0.15, 0.2) is 0 Å². The van der Waals surface area contributed by atoms with Gasteiger partial charge in [-0.25, -0.2) is 9.59 Å². The SMILES string of the molecule is CC1(C)[C@@H]2CC[C@@]1(CS(=O)(=O)O)C(=O)C2.CCC(C)(C)C(=O)O[C@H]1C[C@@H](C)C=C2C=C[C@H](C)[C@H](CC[C@@H]3C[C@@H](O)CC(=O)O3)[C@H]21.CCOC(=O)C1=C(COCCN)NC(C)=C(C(=O)OC)C1c1ccccc1Cl. The number of ether oxygens (including phenoxy) is 5. The summed E-state index contributed by atoms with van der Waals surface area (Å²) < 4.78 is 58.4. The van der Waals surface area contributed by atoms with Crippen LogP contribution in [-0.2, 0) is 57.8 Å². The van der Waals surface area contributed by atoms with E-state index in [0.29, 0.717) is 77.7 Å². The Hall–Kier alpha value is -4.39. The lowest BCUT2D eigenvalue weighted by Crippen LogP contribution is -2.43. The Morgan fingerprint density at radius 1 is 1.03 bits per heavy atom. The molecule has 0 amide bonds. The van der Waals surface area contributed by atoms with Gasteiger partial charge in [-0.15, -0.1) is 0 Å². The van der Waals surface area contributed by atoms with Crippen LogP contribution >= 0.6 is 11.6 Å². The van der Waals surface area contributed by atoms with Crippen LogP contribution in [0.3, 0.4) is 0 Å². The highest BCUT2D eigenvalue weighted by molar-refractivity contribution is 7.85. The molecule has 1 aromatic carbocycles. The summed E-state index contributed by atoms with van der Waals surface area (Å²) in [6.07, 6.45) is 11.6. The minimum absolute atomic E-state index is 0.0152. The molecule has 1 saturated heterocycles. The van der Waals surface area contributed by atoms with E-state index < -0.39 is 50.7 Å². The summed E-state index contributed by atoms with van der Waals surface area (Å²) in [7, 11) is -2.78. The van der Waals surface area contributed by atoms with Gasteiger partial charge in [-0.1, -0.05) is 82.6 Å². The number of halogens is 1. The number of rotatable bonds is 16. The zero-order valence-electron chi connectivity index (χ0n) is 44.3. The van der Waals surface area contributed by atoms with Crippen LogP contribution < -0.4 is 11.1 Å². The maximum atomic E-state index is 12.9. The molecule has 0 aromatic heterocycles. The average Bonchev–Trinajstić information content (AvgIpc) is 3.65. The second kappa shape index (κ2) is 25.0. The number of nitrogens with two attached hydrogens (primary N) is 1. The number of cyclic esters (lactones) is 1. The molecule has 18 heteroatoms. The third kappa shape index (κ3) is 13.9. The molecular formula is C55H79ClN2O14S. The Balaban J connectivity index is 0.000000214. The summed E-state index contributed by atoms with van der Waals surface area (Å²) in [6.45, 7) is 18.6. The number of ketones is 1. The number of allylic oxidation sites excluding steroid dienone is 4. The summed E-state index contributed by atoms with van der Waals surface area (Å²) in [6, 6.07) is 7.05. The van der Waals surface area contributed by atoms with Crippen molar-refractivity contribution in [3.8, 4) is 0 Å². The summed E-state index contributed by atoms with van der Waals surface area (Å²) in [5, 5.41) is 13.4. The Kier molecular flexibility index (Phi) is 20.3. The van der Waals surface area contributed by atoms with Crippen molar-refractivity contribution < 1.29 is 65.7 Å². The van der Waals surface area contributed by atoms with Crippen LogP contribution in [0, 0.1) is 45.8 Å². The van der Waals surface area contributed by atoms with Crippen LogP contribution in [0.1, 0.15) is 132 Å². The molecule has 16 nitrogen and oxygen atoms in total. The number of aliphatic hydroxyl groups is 1. The first-order chi connectivity index (χ1) is 34.2. The van der Waals surface area contributed by atoms with Gasteiger partial charge in [0.25, 0.3) is 10.1 Å². The molecule has 2 aliphatic heterocycles. The number of esters is 4. The molecule has 7 rings (SSSR count). The molecule has 4 aliphatic carbocycles. The molecule has 406 valence electrons. The van der Waals surface area contributed by atoms with Gasteiger partial charge in [-0.3, -0.25) is 18.9 Å². The number of benzene rings is 1. The highest BCUT2D eigenvalue weighted by atomic mass is 35.5. The van der Waals surface area contributed by atoms with E-state index in [1.165, 1.54) is 12.7 Å². The van der Waals surface area contributed by atoms with Crippen LogP contribution in [0.4, 0.5) is 0 Å². The van der Waals surface area contributed by atoms with Crippen molar-refractivity contribution in [3.63, 3.8) is 0 Å². The van der Waals surface area contributed by atoms with Crippen LogP contribution in [0.25, 0.3) is 0 Å². The normalized spacial score (nSPS) is 29.3. The van der Waals surface area contributed by atoms with Gasteiger partial charge in [0.1, 0.15) is 18.0 Å². The first kappa shape index (κ1) is 59.5. The number of nitrogens with one attached hydrogen (secondary N) is 1. The van der Waals surface area contributed by atoms with E-state index in [0.717, 1.165) is 32.1 Å². The van der Waals surface area contributed by atoms with E-state index >= 15 is 0 Å². The van der Waals surface area contributed by atoms with Crippen LogP contribution in [0.2, 0.25) is 5.02 Å². The fourth-order valence-corrected chi connectivity index (χ4v) is 13.2. The topological polar surface area (TPSA) is 244 Å². The minimum atomic E-state index is -4.08. The van der Waals surface area contributed by atoms with Gasteiger partial charge in [0.05, 0.1) is 78.8 Å². The quantitative estimate of drug-likeness (QED) is 0.0528. The third-order valence-electron chi connectivity index (χ3n) is 16.2. The third-order valence-corrected chi connectivity index (χ3v) is 17.4. The molecule has 0 radical (unpaired) electrons. The molecule has 2 heterocycles. The number of carbonyl (C=O) groups excluding carboxylic acids is 5. The van der Waals surface area contributed by atoms with Crippen molar-refractivity contribution in [3.05, 3.63) is 81.2 Å². The number of aliphatic hydroxyl groups excluding tert-OH is 1. The molecule has 3 fully saturated rings. The van der Waals surface area contributed by atoms with E-state index in [9.17, 15) is 37.5 Å². The number of hydrogen-bond donors (Lipinski definition) is 4. The van der Waals surface area contributed by atoms with E-state index in [4.69, 9.17) is 45.6 Å². The lowest BCUT2D eigenvalue weighted by Gasteiger charge is -2.44. The Bertz CT molecular complexity index is 2440. The summed E-state index contributed by atoms with van der Waals surface area (Å²) in [5.74, 6) is -1.19. The Morgan fingerprint density at radius 3 is 2.30 bits per heavy atom. The van der Waals surface area contributed by atoms with Crippen molar-refractivity contribution in [2.24, 2.45) is 51.6 Å². The minimum Gasteiger partial charge on any atom is -0.466 e. The van der Waals surface area contributed by atoms with Crippen molar-refractivity contribution in [1.29, 1.82) is 0 Å². The lowest BCUT2D eigenvalue weighted by atomic mass is 9.65. The second-order valence-electron chi connectivity index (χ2n) is 21.7. The van der Waals surface area contributed by atoms with Gasteiger partial charge < -0.3 is 39.8 Å². The van der Waals surface area contributed by atoms with Gasteiger partial charge in [0, 0.05) is 36.0 Å². The van der Waals surface area contributed by atoms with Gasteiger partial charge >= 0.3 is 23.9 Å². The van der Waals surface area contributed by atoms with E-state index in [-0.39, 0.29) is 72.4 Å². The van der Waals surface area contributed by atoms with Crippen LogP contribution in [0.5, 0.6) is 0 Å². The molecule has 0 spiro atoms. The molecule has 5 N–H and O–H groups in total. The maximum absolute atomic E-state index is 12.9. The highest BCUT2D eigenvalue weighted by Gasteiger charge is 2.65. The molecule has 10 atom stereocenters. The van der Waals surface area contributed by atoms with Gasteiger partial charge in [-0.05, 0) is 113 Å². The van der Waals surface area contributed by atoms with Crippen LogP contribution in [-0.4, -0.2) is 105 Å². The predicted octanol–water partition coefficient (Wildman–Crippen LogP) is 8.12. The number of methoxy groups -OCH3 is 1. The largest absolute Gasteiger partial charge is 0.466 e. The lowest BCUT2D eigenvalue weighted by molar-refractivity contribution is -0.166. The van der Waals surface area contributed by atoms with E-state index in [1.807, 2.05) is 34.6 Å². The first-order valence-corrected chi connectivity index (χ1v) is 27.7. The fourth-order valence-electron chi connectivity index (χ4n) is 11.6. The first-order valence-electron chi connectivity index (χ1n) is 25.7. The van der Waals surface area contributed by atoms with E-state index in [2.05, 4.69) is 37.4 Å². The van der Waals surface area contributed by atoms with Gasteiger partial charge in [0.2, 0.25) is 0 Å². The van der Waals surface area contributed by atoms with Crippen molar-refractivity contribution in [2.45, 2.75) is 144 Å². The molecular weight excluding hydrogens is 980 g/mol. The average molecular weight is 1060 g/mol. The maximum Gasteiger partial charge on any atom is 0.336 e. The zero-order chi connectivity index (χ0) is 54.2.